The number of aromatic nitrogens is 1. The fourth-order valence-corrected chi connectivity index (χ4v) is 3.87. The van der Waals surface area contributed by atoms with Gasteiger partial charge in [-0.1, -0.05) is 24.3 Å². The molecular formula is C15H14N2O2S. The molecule has 1 fully saturated rings. The topological polar surface area (TPSA) is 42.4 Å². The standard InChI is InChI=1S/C15H14N2O2S/c18-15-17(7-8-19-15)6-5-13-16-14-11-4-2-1-3-10(11)9-12(14)20-13/h1-4H,5-9H2. The molecular weight excluding hydrogens is 272 g/mol. The minimum Gasteiger partial charge on any atom is -0.448 e. The van der Waals surface area contributed by atoms with Crippen molar-refractivity contribution in [3.05, 3.63) is 39.7 Å². The Balaban J connectivity index is 1.51. The molecule has 1 aromatic carbocycles. The number of thiazole rings is 1. The molecule has 0 radical (unpaired) electrons. The van der Waals surface area contributed by atoms with Gasteiger partial charge in [0.25, 0.3) is 0 Å². The van der Waals surface area contributed by atoms with Gasteiger partial charge >= 0.3 is 6.09 Å². The summed E-state index contributed by atoms with van der Waals surface area (Å²) in [6.07, 6.45) is 1.61. The number of carbonyl (C=O) groups excluding carboxylic acids is 1. The highest BCUT2D eigenvalue weighted by atomic mass is 32.1. The van der Waals surface area contributed by atoms with Gasteiger partial charge < -0.3 is 9.64 Å². The fourth-order valence-electron chi connectivity index (χ4n) is 2.78. The van der Waals surface area contributed by atoms with E-state index in [0.29, 0.717) is 19.7 Å². The van der Waals surface area contributed by atoms with Crippen LogP contribution in [0.3, 0.4) is 0 Å². The van der Waals surface area contributed by atoms with Crippen LogP contribution in [0.1, 0.15) is 15.4 Å². The number of cyclic esters (lactones) is 1. The maximum Gasteiger partial charge on any atom is 0.409 e. The van der Waals surface area contributed by atoms with E-state index in [0.717, 1.165) is 23.5 Å². The highest BCUT2D eigenvalue weighted by molar-refractivity contribution is 7.12. The van der Waals surface area contributed by atoms with Crippen LogP contribution in [0.4, 0.5) is 4.79 Å². The second kappa shape index (κ2) is 4.59. The molecule has 0 atom stereocenters. The fraction of sp³-hybridized carbons (Fsp3) is 0.333. The third kappa shape index (κ3) is 1.89. The van der Waals surface area contributed by atoms with Gasteiger partial charge in [-0.25, -0.2) is 9.78 Å². The molecule has 2 aromatic rings. The summed E-state index contributed by atoms with van der Waals surface area (Å²) in [7, 11) is 0. The minimum atomic E-state index is -0.195. The van der Waals surface area contributed by atoms with E-state index in [9.17, 15) is 4.79 Å². The van der Waals surface area contributed by atoms with E-state index in [-0.39, 0.29) is 6.09 Å². The number of amides is 1. The lowest BCUT2D eigenvalue weighted by molar-refractivity contribution is 0.159. The summed E-state index contributed by atoms with van der Waals surface area (Å²) >= 11 is 1.77. The zero-order valence-corrected chi connectivity index (χ0v) is 11.8. The van der Waals surface area contributed by atoms with Crippen molar-refractivity contribution < 1.29 is 9.53 Å². The Hall–Kier alpha value is -1.88. The molecule has 0 N–H and O–H groups in total. The van der Waals surface area contributed by atoms with Crippen LogP contribution in [0, 0.1) is 0 Å². The highest BCUT2D eigenvalue weighted by Gasteiger charge is 2.25. The Bertz CT molecular complexity index is 680. The maximum absolute atomic E-state index is 11.4. The molecule has 2 aliphatic rings. The Morgan fingerprint density at radius 1 is 1.35 bits per heavy atom. The molecule has 0 spiro atoms. The third-order valence-electron chi connectivity index (χ3n) is 3.81. The van der Waals surface area contributed by atoms with E-state index in [1.807, 2.05) is 0 Å². The minimum absolute atomic E-state index is 0.195. The summed E-state index contributed by atoms with van der Waals surface area (Å²) in [6.45, 7) is 1.92. The number of hydrogen-bond acceptors (Lipinski definition) is 4. The van der Waals surface area contributed by atoms with E-state index in [4.69, 9.17) is 9.72 Å². The van der Waals surface area contributed by atoms with Crippen molar-refractivity contribution >= 4 is 17.4 Å². The predicted molar refractivity (Wildman–Crippen MR) is 77.0 cm³/mol. The van der Waals surface area contributed by atoms with Crippen LogP contribution in [0.2, 0.25) is 0 Å². The van der Waals surface area contributed by atoms with Crippen molar-refractivity contribution in [2.45, 2.75) is 12.8 Å². The van der Waals surface area contributed by atoms with Crippen molar-refractivity contribution in [2.24, 2.45) is 0 Å². The molecule has 1 aromatic heterocycles. The van der Waals surface area contributed by atoms with Gasteiger partial charge in [-0.15, -0.1) is 11.3 Å². The number of rotatable bonds is 3. The first-order chi connectivity index (χ1) is 9.81. The van der Waals surface area contributed by atoms with Gasteiger partial charge in [0.1, 0.15) is 6.61 Å². The van der Waals surface area contributed by atoms with Crippen LogP contribution in [0.15, 0.2) is 24.3 Å². The van der Waals surface area contributed by atoms with Crippen molar-refractivity contribution in [1.29, 1.82) is 0 Å². The Labute approximate surface area is 121 Å². The average molecular weight is 286 g/mol. The zero-order chi connectivity index (χ0) is 13.5. The molecule has 1 aliphatic heterocycles. The first-order valence-electron chi connectivity index (χ1n) is 6.80. The van der Waals surface area contributed by atoms with Gasteiger partial charge in [-0.2, -0.15) is 0 Å². The third-order valence-corrected chi connectivity index (χ3v) is 4.92. The van der Waals surface area contributed by atoms with Crippen LogP contribution in [-0.2, 0) is 17.6 Å². The second-order valence-corrected chi connectivity index (χ2v) is 6.23. The smallest absolute Gasteiger partial charge is 0.409 e. The van der Waals surface area contributed by atoms with Gasteiger partial charge in [-0.3, -0.25) is 0 Å². The lowest BCUT2D eigenvalue weighted by Gasteiger charge is -2.10. The summed E-state index contributed by atoms with van der Waals surface area (Å²) in [5.74, 6) is 0. The SMILES string of the molecule is O=C1OCCN1CCc1nc2c(s1)Cc1ccccc1-2. The number of hydrogen-bond donors (Lipinski definition) is 0. The van der Waals surface area contributed by atoms with Gasteiger partial charge in [0.15, 0.2) is 0 Å². The molecule has 1 aliphatic carbocycles. The highest BCUT2D eigenvalue weighted by Crippen LogP contribution is 2.39. The average Bonchev–Trinajstić information content (AvgIpc) is 3.10. The van der Waals surface area contributed by atoms with E-state index in [1.54, 1.807) is 16.2 Å². The number of fused-ring (bicyclic) bond motifs is 3. The lowest BCUT2D eigenvalue weighted by Crippen LogP contribution is -2.26. The predicted octanol–water partition coefficient (Wildman–Crippen LogP) is 2.71. The molecule has 2 heterocycles. The van der Waals surface area contributed by atoms with Crippen LogP contribution < -0.4 is 0 Å². The van der Waals surface area contributed by atoms with Crippen LogP contribution in [0.5, 0.6) is 0 Å². The first-order valence-corrected chi connectivity index (χ1v) is 7.61. The van der Waals surface area contributed by atoms with Crippen LogP contribution >= 0.6 is 11.3 Å². The van der Waals surface area contributed by atoms with Gasteiger partial charge in [-0.05, 0) is 5.56 Å². The van der Waals surface area contributed by atoms with Gasteiger partial charge in [0, 0.05) is 29.8 Å². The quantitative estimate of drug-likeness (QED) is 0.743. The normalized spacial score (nSPS) is 16.2. The van der Waals surface area contributed by atoms with Crippen molar-refractivity contribution in [1.82, 2.24) is 9.88 Å². The van der Waals surface area contributed by atoms with Crippen molar-refractivity contribution in [3.63, 3.8) is 0 Å². The molecule has 1 amide bonds. The molecule has 102 valence electrons. The summed E-state index contributed by atoms with van der Waals surface area (Å²) < 4.78 is 4.93. The van der Waals surface area contributed by atoms with Crippen LogP contribution in [-0.4, -0.2) is 35.7 Å². The van der Waals surface area contributed by atoms with Crippen molar-refractivity contribution in [3.8, 4) is 11.3 Å². The van der Waals surface area contributed by atoms with E-state index < -0.39 is 0 Å². The summed E-state index contributed by atoms with van der Waals surface area (Å²) in [5, 5.41) is 1.12. The lowest BCUT2D eigenvalue weighted by atomic mass is 10.1. The maximum atomic E-state index is 11.4. The second-order valence-electron chi connectivity index (χ2n) is 5.06. The van der Waals surface area contributed by atoms with Gasteiger partial charge in [0.05, 0.1) is 17.2 Å². The number of nitrogens with zero attached hydrogens (tertiary/aromatic N) is 2. The zero-order valence-electron chi connectivity index (χ0n) is 11.0. The molecule has 20 heavy (non-hydrogen) atoms. The largest absolute Gasteiger partial charge is 0.448 e. The summed E-state index contributed by atoms with van der Waals surface area (Å²) in [5.41, 5.74) is 3.78. The molecule has 0 saturated carbocycles. The number of benzene rings is 1. The summed E-state index contributed by atoms with van der Waals surface area (Å²) in [6, 6.07) is 8.45. The number of ether oxygens (including phenoxy) is 1. The Morgan fingerprint density at radius 2 is 2.25 bits per heavy atom. The molecule has 0 bridgehead atoms. The Morgan fingerprint density at radius 3 is 3.10 bits per heavy atom. The van der Waals surface area contributed by atoms with Gasteiger partial charge in [0.2, 0.25) is 0 Å². The summed E-state index contributed by atoms with van der Waals surface area (Å²) in [4.78, 5) is 19.2. The monoisotopic (exact) mass is 286 g/mol. The van der Waals surface area contributed by atoms with E-state index >= 15 is 0 Å². The molecule has 5 heteroatoms. The molecule has 4 rings (SSSR count). The number of carbonyl (C=O) groups is 1. The molecule has 1 saturated heterocycles. The van der Waals surface area contributed by atoms with Crippen molar-refractivity contribution in [2.75, 3.05) is 19.7 Å². The van der Waals surface area contributed by atoms with E-state index in [1.165, 1.54) is 16.0 Å². The van der Waals surface area contributed by atoms with E-state index in [2.05, 4.69) is 24.3 Å². The Kier molecular flexibility index (Phi) is 2.73. The molecule has 0 unspecified atom stereocenters. The molecule has 4 nitrogen and oxygen atoms in total. The first kappa shape index (κ1) is 11.9. The van der Waals surface area contributed by atoms with Crippen LogP contribution in [0.25, 0.3) is 11.3 Å².